The molecule has 0 nitrogen and oxygen atoms in total. The van der Waals surface area contributed by atoms with Crippen molar-refractivity contribution in [1.82, 2.24) is 0 Å². The Morgan fingerprint density at radius 1 is 0.231 bits per heavy atom. The van der Waals surface area contributed by atoms with E-state index < -0.39 is 125 Å². The van der Waals surface area contributed by atoms with Crippen molar-refractivity contribution < 1.29 is 125 Å². The molecule has 0 amide bonds. The third kappa shape index (κ3) is 99.3. The Balaban J connectivity index is -0.000000115. The second-order valence-corrected chi connectivity index (χ2v) is 62.3. The third-order valence-electron chi connectivity index (χ3n) is 30.7. The molecule has 143 heavy (non-hydrogen) atoms. The van der Waals surface area contributed by atoms with Crippen LogP contribution in [0, 0.1) is 196 Å². The minimum absolute atomic E-state index is 0. The van der Waals surface area contributed by atoms with Gasteiger partial charge in [-0.05, 0) is 183 Å². The molecule has 836 valence electrons. The number of rotatable bonds is 23. The summed E-state index contributed by atoms with van der Waals surface area (Å²) in [7, 11) is 59.2. The van der Waals surface area contributed by atoms with Crippen LogP contribution >= 0.6 is 102 Å². The van der Waals surface area contributed by atoms with Crippen molar-refractivity contribution in [2.45, 2.75) is 460 Å². The van der Waals surface area contributed by atoms with Crippen LogP contribution in [0.4, 0.5) is 0 Å². The Morgan fingerprint density at radius 2 is 0.441 bits per heavy atom. The Hall–Kier alpha value is 5.66. The van der Waals surface area contributed by atoms with Crippen molar-refractivity contribution in [3.8, 4) is 0 Å². The fourth-order valence-corrected chi connectivity index (χ4v) is 23.2. The zero-order chi connectivity index (χ0) is 96.3. The number of allylic oxidation sites excluding steroid dienone is 17. The van der Waals surface area contributed by atoms with Crippen LogP contribution in [0.15, 0.2) is 140 Å². The molecule has 1 aromatic carbocycles. The Labute approximate surface area is 1010 Å². The molecule has 10 atom stereocenters. The van der Waals surface area contributed by atoms with Crippen molar-refractivity contribution in [3.05, 3.63) is 235 Å². The summed E-state index contributed by atoms with van der Waals surface area (Å²) in [5.74, 6) is 17.5. The summed E-state index contributed by atoms with van der Waals surface area (Å²) in [6.07, 6.45) is 131. The van der Waals surface area contributed by atoms with Crippen LogP contribution < -0.4 is 0 Å². The number of benzene rings is 1. The summed E-state index contributed by atoms with van der Waals surface area (Å²) in [4.78, 5) is 0. The number of halogens is 12. The molecule has 18 heteroatoms. The molecule has 16 aliphatic rings. The van der Waals surface area contributed by atoms with E-state index in [2.05, 4.69) is 196 Å². The predicted molar refractivity (Wildman–Crippen MR) is 655 cm³/mol. The molecule has 17 rings (SSSR count). The van der Waals surface area contributed by atoms with Crippen molar-refractivity contribution in [2.75, 3.05) is 0 Å². The number of hydrogen-bond acceptors (Lipinski definition) is 0. The van der Waals surface area contributed by atoms with Crippen LogP contribution in [0.2, 0.25) is 0 Å². The monoisotopic (exact) mass is 2690 g/mol. The van der Waals surface area contributed by atoms with Crippen LogP contribution in [-0.4, -0.2) is 0 Å². The van der Waals surface area contributed by atoms with Gasteiger partial charge in [0.25, 0.3) is 0 Å². The average Bonchev–Trinajstić information content (AvgIpc) is 1.68. The second-order valence-electron chi connectivity index (χ2n) is 39.9. The molecule has 0 heterocycles. The number of hydrogen-bond donors (Lipinski definition) is 0. The summed E-state index contributed by atoms with van der Waals surface area (Å²) >= 11 is -4.95. The summed E-state index contributed by atoms with van der Waals surface area (Å²) in [5.41, 5.74) is 1.49. The van der Waals surface area contributed by atoms with Crippen molar-refractivity contribution in [3.63, 3.8) is 0 Å². The maximum absolute atomic E-state index is 4.93. The fourth-order valence-electron chi connectivity index (χ4n) is 23.2. The SMILES string of the molecule is C1=CC2CCC(CCc3ccccc3)C2C=C1.C1=CC2CCCC2C=C1.C1=CC2CCCC2C=C1.C=CCC1CCC2C=CC=CC21.CCC1CCCC1.CCC1CCCC1.CCCC1CCCC1.CCCC1CCCC1.CCCCC1CCCC1.CCCCC1CCCC1.CCCCC1CCCC1.CCCCC1CCCC1.[CH3-].[CH3-].[CH3-].[CH3-].[CH3-].[CH3-].[CH3-].[CH3-].[CH3-].[CH3-].[CH3-].[CH3-].[Cl][Zr+2][Cl].[Cl][Zr+2][Cl].[Cl][Zr+2][Cl].[Cl][Zr+2][Cl].[Cl][Zr+2][Cl].[Cl][Zr+2][Cl]. The summed E-state index contributed by atoms with van der Waals surface area (Å²) in [5, 5.41) is 0. The van der Waals surface area contributed by atoms with Crippen molar-refractivity contribution >= 4 is 102 Å². The first-order valence-electron chi connectivity index (χ1n) is 54.1. The number of aryl methyl sites for hydroxylation is 1. The van der Waals surface area contributed by atoms with E-state index >= 15 is 0 Å². The Bertz CT molecular complexity index is 2560. The van der Waals surface area contributed by atoms with Gasteiger partial charge < -0.3 is 89.1 Å². The van der Waals surface area contributed by atoms with Gasteiger partial charge in [0.2, 0.25) is 0 Å². The Morgan fingerprint density at radius 3 is 0.657 bits per heavy atom. The van der Waals surface area contributed by atoms with E-state index in [-0.39, 0.29) is 89.1 Å². The molecular formula is C125H228Cl12Zr6. The number of fused-ring (bicyclic) bond motifs is 4. The predicted octanol–water partition coefficient (Wildman–Crippen LogP) is 51.0. The van der Waals surface area contributed by atoms with Gasteiger partial charge in [-0.2, -0.15) is 0 Å². The van der Waals surface area contributed by atoms with Gasteiger partial charge in [-0.15, -0.1) is 6.58 Å². The first-order valence-corrected chi connectivity index (χ1v) is 92.0. The molecule has 0 radical (unpaired) electrons. The second kappa shape index (κ2) is 135. The first kappa shape index (κ1) is 176. The van der Waals surface area contributed by atoms with Gasteiger partial charge in [0.1, 0.15) is 0 Å². The summed E-state index contributed by atoms with van der Waals surface area (Å²) in [6, 6.07) is 10.9. The molecule has 0 aromatic heterocycles. The molecule has 0 aliphatic heterocycles. The van der Waals surface area contributed by atoms with E-state index in [0.29, 0.717) is 0 Å². The molecule has 12 saturated carbocycles. The molecule has 10 unspecified atom stereocenters. The van der Waals surface area contributed by atoms with E-state index in [9.17, 15) is 0 Å². The van der Waals surface area contributed by atoms with Gasteiger partial charge in [-0.3, -0.25) is 0 Å². The molecule has 0 bridgehead atoms. The van der Waals surface area contributed by atoms with E-state index in [0.717, 1.165) is 107 Å². The molecule has 1 aromatic rings. The van der Waals surface area contributed by atoms with Crippen LogP contribution in [-0.2, 0) is 132 Å². The van der Waals surface area contributed by atoms with E-state index in [4.69, 9.17) is 102 Å². The Kier molecular flexibility index (Phi) is 166. The molecule has 0 N–H and O–H groups in total. The van der Waals surface area contributed by atoms with Crippen LogP contribution in [0.5, 0.6) is 0 Å². The van der Waals surface area contributed by atoms with Gasteiger partial charge >= 0.3 is 227 Å². The summed E-state index contributed by atoms with van der Waals surface area (Å²) in [6.45, 7) is 22.1. The van der Waals surface area contributed by atoms with E-state index in [1.165, 1.54) is 410 Å². The molecule has 0 spiro atoms. The minimum atomic E-state index is -0.826. The standard InChI is InChI=1S/C17H20.C12H16.2C9H12.4C9H18.2C8H16.2C7H14.12CH3.12ClH.6Zr/c1-2-6-14(7-3-1)10-11-16-13-12-15-8-4-5-9-17(15)16;1-2-5-10-8-9-11-6-3-4-7-12(10)11;2*1-2-5-9-7-3-6-8(9)4-1;4*1-2-3-6-9-7-4-5-8-9;2*1-2-5-8-6-3-4-7-8;2*1-2-7-5-3-4-6-7;;;;;;;;;;;;;;;;;;;;;;;;;;;;;;/h1-9,15-17H,10-13H2;2-4,6-7,10-12H,1,5,8-9H2;2*1-2,4-5,8-9H,3,6-7H2;4*9H,2-8H2,1H3;2*8H,2-7H2,1H3;2*7H,2-6H2,1H3;12*1H3;12*1H;;;;;;/q;;;;;;;;;;;;12*-1;;;;;;;;;;;;;6*+4/p-12. The zero-order valence-corrected chi connectivity index (χ0v) is 120. The third-order valence-corrected chi connectivity index (χ3v) is 30.7. The van der Waals surface area contributed by atoms with Gasteiger partial charge in [-0.1, -0.05) is 523 Å². The van der Waals surface area contributed by atoms with Crippen molar-refractivity contribution in [2.24, 2.45) is 107 Å². The zero-order valence-electron chi connectivity index (χ0n) is 96.4. The maximum atomic E-state index is 4.93. The molecular weight excluding hydrogens is 2470 g/mol. The van der Waals surface area contributed by atoms with E-state index in [1.54, 1.807) is 0 Å². The molecule has 16 aliphatic carbocycles. The normalized spacial score (nSPS) is 22.2. The topological polar surface area (TPSA) is 0 Å². The van der Waals surface area contributed by atoms with Crippen LogP contribution in [0.3, 0.4) is 0 Å². The quantitative estimate of drug-likeness (QED) is 0.0757. The van der Waals surface area contributed by atoms with Crippen LogP contribution in [0.25, 0.3) is 0 Å². The number of unbranched alkanes of at least 4 members (excludes halogenated alkanes) is 4. The molecule has 0 saturated heterocycles. The van der Waals surface area contributed by atoms with Gasteiger partial charge in [0, 0.05) is 0 Å². The van der Waals surface area contributed by atoms with Gasteiger partial charge in [0.15, 0.2) is 0 Å². The fraction of sp³-hybridized carbons (Fsp3) is 0.712. The molecule has 12 fully saturated rings. The first-order chi connectivity index (χ1) is 64.2. The van der Waals surface area contributed by atoms with Crippen molar-refractivity contribution in [1.29, 1.82) is 0 Å². The van der Waals surface area contributed by atoms with Crippen LogP contribution in [0.1, 0.15) is 459 Å². The van der Waals surface area contributed by atoms with E-state index in [1.807, 2.05) is 0 Å². The van der Waals surface area contributed by atoms with Gasteiger partial charge in [-0.25, -0.2) is 0 Å². The average molecular weight is 2700 g/mol. The summed E-state index contributed by atoms with van der Waals surface area (Å²) < 4.78 is 0. The van der Waals surface area contributed by atoms with Gasteiger partial charge in [0.05, 0.1) is 0 Å².